The van der Waals surface area contributed by atoms with Crippen LogP contribution in [0.5, 0.6) is 0 Å². The third kappa shape index (κ3) is 4.23. The molecular formula is C14H20BrF2NO. The van der Waals surface area contributed by atoms with E-state index in [-0.39, 0.29) is 16.1 Å². The molecule has 0 saturated carbocycles. The Kier molecular flexibility index (Phi) is 5.89. The molecule has 0 heterocycles. The minimum atomic E-state index is -0.845. The molecule has 0 radical (unpaired) electrons. The molecule has 1 unspecified atom stereocenters. The fourth-order valence-corrected chi connectivity index (χ4v) is 2.46. The van der Waals surface area contributed by atoms with Crippen molar-refractivity contribution in [3.8, 4) is 0 Å². The summed E-state index contributed by atoms with van der Waals surface area (Å²) in [6, 6.07) is 2.70. The average Bonchev–Trinajstić information content (AvgIpc) is 2.39. The van der Waals surface area contributed by atoms with E-state index in [0.717, 1.165) is 18.9 Å². The van der Waals surface area contributed by atoms with Crippen molar-refractivity contribution in [2.45, 2.75) is 38.3 Å². The van der Waals surface area contributed by atoms with Crippen molar-refractivity contribution in [3.63, 3.8) is 0 Å². The number of rotatable bonds is 6. The molecule has 2 nitrogen and oxygen atoms in total. The highest BCUT2D eigenvalue weighted by atomic mass is 79.9. The number of ether oxygens (including phenoxy) is 1. The van der Waals surface area contributed by atoms with E-state index in [1.807, 2.05) is 13.8 Å². The first kappa shape index (κ1) is 16.5. The van der Waals surface area contributed by atoms with E-state index in [1.165, 1.54) is 0 Å². The minimum Gasteiger partial charge on any atom is -0.379 e. The van der Waals surface area contributed by atoms with E-state index in [1.54, 1.807) is 20.2 Å². The van der Waals surface area contributed by atoms with Gasteiger partial charge in [-0.05, 0) is 61.3 Å². The molecule has 0 amide bonds. The van der Waals surface area contributed by atoms with Crippen molar-refractivity contribution in [1.29, 1.82) is 0 Å². The molecule has 0 aliphatic heterocycles. The molecule has 1 atom stereocenters. The normalized spacial score (nSPS) is 13.6. The van der Waals surface area contributed by atoms with Crippen LogP contribution in [0.1, 0.15) is 38.3 Å². The maximum atomic E-state index is 13.6. The smallest absolute Gasteiger partial charge is 0.173 e. The molecular weight excluding hydrogens is 316 g/mol. The minimum absolute atomic E-state index is 0.0566. The maximum Gasteiger partial charge on any atom is 0.173 e. The topological polar surface area (TPSA) is 21.3 Å². The van der Waals surface area contributed by atoms with Gasteiger partial charge in [-0.3, -0.25) is 0 Å². The summed E-state index contributed by atoms with van der Waals surface area (Å²) in [5, 5.41) is 3.13. The molecule has 0 fully saturated rings. The molecule has 19 heavy (non-hydrogen) atoms. The zero-order valence-corrected chi connectivity index (χ0v) is 13.3. The summed E-state index contributed by atoms with van der Waals surface area (Å²) in [5.41, 5.74) is 0.480. The number of methoxy groups -OCH3 is 1. The van der Waals surface area contributed by atoms with Crippen molar-refractivity contribution < 1.29 is 13.5 Å². The van der Waals surface area contributed by atoms with Crippen LogP contribution in [0.15, 0.2) is 16.6 Å². The lowest BCUT2D eigenvalue weighted by molar-refractivity contribution is 0.0118. The van der Waals surface area contributed by atoms with Gasteiger partial charge in [0.05, 0.1) is 10.1 Å². The zero-order valence-electron chi connectivity index (χ0n) is 11.7. The van der Waals surface area contributed by atoms with Crippen molar-refractivity contribution in [2.75, 3.05) is 14.2 Å². The third-order valence-electron chi connectivity index (χ3n) is 3.38. The van der Waals surface area contributed by atoms with Crippen molar-refractivity contribution in [1.82, 2.24) is 5.32 Å². The summed E-state index contributed by atoms with van der Waals surface area (Å²) in [5.74, 6) is -1.69. The zero-order chi connectivity index (χ0) is 14.6. The molecule has 0 bridgehead atoms. The van der Waals surface area contributed by atoms with E-state index in [9.17, 15) is 8.78 Å². The van der Waals surface area contributed by atoms with Crippen molar-refractivity contribution >= 4 is 15.9 Å². The highest BCUT2D eigenvalue weighted by Gasteiger charge is 2.22. The summed E-state index contributed by atoms with van der Waals surface area (Å²) in [6.07, 6.45) is 1.57. The fraction of sp³-hybridized carbons (Fsp3) is 0.571. The first-order chi connectivity index (χ1) is 8.82. The van der Waals surface area contributed by atoms with E-state index in [0.29, 0.717) is 5.56 Å². The second-order valence-corrected chi connectivity index (χ2v) is 5.90. The Bertz CT molecular complexity index is 438. The van der Waals surface area contributed by atoms with Crippen LogP contribution in [0, 0.1) is 11.6 Å². The Morgan fingerprint density at radius 3 is 2.53 bits per heavy atom. The highest BCUT2D eigenvalue weighted by molar-refractivity contribution is 9.10. The van der Waals surface area contributed by atoms with Crippen LogP contribution in [0.4, 0.5) is 8.78 Å². The lowest BCUT2D eigenvalue weighted by Gasteiger charge is -2.26. The Morgan fingerprint density at radius 1 is 1.37 bits per heavy atom. The molecule has 1 N–H and O–H groups in total. The van der Waals surface area contributed by atoms with Crippen LogP contribution in [0.2, 0.25) is 0 Å². The Balaban J connectivity index is 2.89. The lowest BCUT2D eigenvalue weighted by Crippen LogP contribution is -2.26. The van der Waals surface area contributed by atoms with Crippen LogP contribution in [-0.4, -0.2) is 19.8 Å². The van der Waals surface area contributed by atoms with Crippen LogP contribution in [0.3, 0.4) is 0 Å². The van der Waals surface area contributed by atoms with E-state index < -0.39 is 11.6 Å². The molecule has 0 aromatic heterocycles. The van der Waals surface area contributed by atoms with Gasteiger partial charge in [0.1, 0.15) is 0 Å². The molecule has 5 heteroatoms. The maximum absolute atomic E-state index is 13.6. The van der Waals surface area contributed by atoms with Gasteiger partial charge in [-0.1, -0.05) is 6.07 Å². The summed E-state index contributed by atoms with van der Waals surface area (Å²) < 4.78 is 32.2. The number of hydrogen-bond acceptors (Lipinski definition) is 2. The van der Waals surface area contributed by atoms with Gasteiger partial charge in [0.2, 0.25) is 0 Å². The predicted molar refractivity (Wildman–Crippen MR) is 76.2 cm³/mol. The van der Waals surface area contributed by atoms with Gasteiger partial charge in [-0.25, -0.2) is 8.78 Å². The van der Waals surface area contributed by atoms with Crippen molar-refractivity contribution in [2.24, 2.45) is 0 Å². The number of benzene rings is 1. The van der Waals surface area contributed by atoms with Gasteiger partial charge < -0.3 is 10.1 Å². The molecule has 1 aromatic carbocycles. The standard InChI is InChI=1S/C14H20BrF2NO/c1-14(2,19-4)8-7-11(18-3)9-5-6-10(16)13(17)12(9)15/h5-6,11,18H,7-8H2,1-4H3. The molecule has 1 rings (SSSR count). The van der Waals surface area contributed by atoms with Crippen LogP contribution in [-0.2, 0) is 4.74 Å². The van der Waals surface area contributed by atoms with Gasteiger partial charge in [0.25, 0.3) is 0 Å². The molecule has 0 aliphatic rings. The quantitative estimate of drug-likeness (QED) is 0.787. The highest BCUT2D eigenvalue weighted by Crippen LogP contribution is 2.31. The summed E-state index contributed by atoms with van der Waals surface area (Å²) in [7, 11) is 3.47. The summed E-state index contributed by atoms with van der Waals surface area (Å²) in [6.45, 7) is 4.00. The van der Waals surface area contributed by atoms with Crippen LogP contribution < -0.4 is 5.32 Å². The second-order valence-electron chi connectivity index (χ2n) is 5.11. The van der Waals surface area contributed by atoms with E-state index >= 15 is 0 Å². The number of halogens is 3. The van der Waals surface area contributed by atoms with Crippen molar-refractivity contribution in [3.05, 3.63) is 33.8 Å². The van der Waals surface area contributed by atoms with Crippen LogP contribution in [0.25, 0.3) is 0 Å². The Hall–Kier alpha value is -0.520. The largest absolute Gasteiger partial charge is 0.379 e. The molecule has 0 saturated heterocycles. The van der Waals surface area contributed by atoms with E-state index in [4.69, 9.17) is 4.74 Å². The molecule has 1 aromatic rings. The van der Waals surface area contributed by atoms with Gasteiger partial charge in [-0.15, -0.1) is 0 Å². The Labute approximate surface area is 121 Å². The SMILES string of the molecule is CNC(CCC(C)(C)OC)c1ccc(F)c(F)c1Br. The first-order valence-corrected chi connectivity index (χ1v) is 6.97. The van der Waals surface area contributed by atoms with Gasteiger partial charge in [0, 0.05) is 13.2 Å². The number of nitrogens with one attached hydrogen (secondary N) is 1. The third-order valence-corrected chi connectivity index (χ3v) is 4.18. The average molecular weight is 336 g/mol. The second kappa shape index (κ2) is 6.77. The van der Waals surface area contributed by atoms with Gasteiger partial charge >= 0.3 is 0 Å². The van der Waals surface area contributed by atoms with E-state index in [2.05, 4.69) is 21.2 Å². The first-order valence-electron chi connectivity index (χ1n) is 6.18. The molecule has 0 spiro atoms. The molecule has 108 valence electrons. The van der Waals surface area contributed by atoms with Gasteiger partial charge in [0.15, 0.2) is 11.6 Å². The summed E-state index contributed by atoms with van der Waals surface area (Å²) in [4.78, 5) is 0. The lowest BCUT2D eigenvalue weighted by atomic mass is 9.95. The predicted octanol–water partition coefficient (Wildman–Crippen LogP) is 4.19. The number of hydrogen-bond donors (Lipinski definition) is 1. The molecule has 0 aliphatic carbocycles. The van der Waals surface area contributed by atoms with Gasteiger partial charge in [-0.2, -0.15) is 0 Å². The Morgan fingerprint density at radius 2 is 2.00 bits per heavy atom. The summed E-state index contributed by atoms with van der Waals surface area (Å²) >= 11 is 3.12. The monoisotopic (exact) mass is 335 g/mol. The fourth-order valence-electron chi connectivity index (χ4n) is 1.86. The van der Waals surface area contributed by atoms with Crippen LogP contribution >= 0.6 is 15.9 Å².